The Bertz CT molecular complexity index is 1080. The lowest BCUT2D eigenvalue weighted by Gasteiger charge is -2.17. The van der Waals surface area contributed by atoms with Gasteiger partial charge in [-0.15, -0.1) is 11.3 Å². The highest BCUT2D eigenvalue weighted by atomic mass is 32.2. The van der Waals surface area contributed by atoms with Crippen LogP contribution in [0, 0.1) is 0 Å². The summed E-state index contributed by atoms with van der Waals surface area (Å²) in [5.74, 6) is 1.04. The van der Waals surface area contributed by atoms with Crippen LogP contribution < -0.4 is 20.3 Å². The van der Waals surface area contributed by atoms with Gasteiger partial charge in [0.05, 0.1) is 31.2 Å². The highest BCUT2D eigenvalue weighted by molar-refractivity contribution is 7.99. The van der Waals surface area contributed by atoms with E-state index >= 15 is 0 Å². The number of carbonyl (C=O) groups is 1. The highest BCUT2D eigenvalue weighted by Gasteiger charge is 2.18. The van der Waals surface area contributed by atoms with Crippen molar-refractivity contribution < 1.29 is 14.3 Å². The minimum absolute atomic E-state index is 0.00876. The monoisotopic (exact) mass is 433 g/mol. The van der Waals surface area contributed by atoms with Crippen LogP contribution >= 0.6 is 23.1 Å². The molecule has 1 amide bonds. The number of nitrogens with one attached hydrogen (secondary N) is 1. The molecule has 0 aliphatic heterocycles. The summed E-state index contributed by atoms with van der Waals surface area (Å²) in [6.45, 7) is 4.00. The predicted molar refractivity (Wildman–Crippen MR) is 118 cm³/mol. The lowest BCUT2D eigenvalue weighted by molar-refractivity contribution is -0.113. The molecule has 0 saturated heterocycles. The first kappa shape index (κ1) is 21.2. The molecule has 0 spiro atoms. The van der Waals surface area contributed by atoms with Crippen LogP contribution in [0.5, 0.6) is 11.5 Å². The van der Waals surface area contributed by atoms with Gasteiger partial charge in [0.2, 0.25) is 5.91 Å². The maximum atomic E-state index is 12.9. The minimum atomic E-state index is -0.225. The predicted octanol–water partition coefficient (Wildman–Crippen LogP) is 4.18. The SMILES string of the molecule is CC[C@H](C)n1c(SCC(=O)Nc2cc(OC)ccc2OC)nc2ccsc2c1=O. The summed E-state index contributed by atoms with van der Waals surface area (Å²) in [6.07, 6.45) is 0.791. The smallest absolute Gasteiger partial charge is 0.272 e. The Morgan fingerprint density at radius 2 is 2.10 bits per heavy atom. The molecule has 0 saturated carbocycles. The van der Waals surface area contributed by atoms with E-state index in [-0.39, 0.29) is 23.3 Å². The van der Waals surface area contributed by atoms with E-state index in [2.05, 4.69) is 10.3 Å². The number of thioether (sulfide) groups is 1. The fraction of sp³-hybridized carbons (Fsp3) is 0.350. The van der Waals surface area contributed by atoms with Crippen molar-refractivity contribution in [2.24, 2.45) is 0 Å². The van der Waals surface area contributed by atoms with Crippen LogP contribution in [-0.2, 0) is 4.79 Å². The van der Waals surface area contributed by atoms with Crippen LogP contribution in [0.25, 0.3) is 10.2 Å². The van der Waals surface area contributed by atoms with Crippen molar-refractivity contribution >= 4 is 44.9 Å². The van der Waals surface area contributed by atoms with Crippen molar-refractivity contribution in [3.8, 4) is 11.5 Å². The van der Waals surface area contributed by atoms with Crippen molar-refractivity contribution in [1.29, 1.82) is 0 Å². The van der Waals surface area contributed by atoms with Gasteiger partial charge in [0.1, 0.15) is 16.2 Å². The molecule has 2 aromatic heterocycles. The van der Waals surface area contributed by atoms with E-state index in [1.165, 1.54) is 30.2 Å². The minimum Gasteiger partial charge on any atom is -0.497 e. The number of rotatable bonds is 8. The van der Waals surface area contributed by atoms with Crippen molar-refractivity contribution in [2.45, 2.75) is 31.5 Å². The molecule has 0 aliphatic carbocycles. The quantitative estimate of drug-likeness (QED) is 0.424. The zero-order valence-electron chi connectivity index (χ0n) is 16.7. The molecular weight excluding hydrogens is 410 g/mol. The Balaban J connectivity index is 1.82. The maximum absolute atomic E-state index is 12.9. The van der Waals surface area contributed by atoms with Crippen LogP contribution in [0.1, 0.15) is 26.3 Å². The Hall–Kier alpha value is -2.52. The van der Waals surface area contributed by atoms with Crippen LogP contribution in [0.15, 0.2) is 39.6 Å². The van der Waals surface area contributed by atoms with Gasteiger partial charge < -0.3 is 14.8 Å². The molecule has 1 N–H and O–H groups in total. The maximum Gasteiger partial charge on any atom is 0.272 e. The number of carbonyl (C=O) groups excluding carboxylic acids is 1. The average molecular weight is 434 g/mol. The summed E-state index contributed by atoms with van der Waals surface area (Å²) in [5, 5.41) is 5.24. The van der Waals surface area contributed by atoms with Crippen LogP contribution in [0.2, 0.25) is 0 Å². The Morgan fingerprint density at radius 1 is 1.31 bits per heavy atom. The van der Waals surface area contributed by atoms with Gasteiger partial charge in [0.15, 0.2) is 5.16 Å². The fourth-order valence-corrected chi connectivity index (χ4v) is 4.47. The lowest BCUT2D eigenvalue weighted by Crippen LogP contribution is -2.26. The van der Waals surface area contributed by atoms with Crippen molar-refractivity contribution in [3.05, 3.63) is 40.0 Å². The summed E-state index contributed by atoms with van der Waals surface area (Å²) in [7, 11) is 3.10. The van der Waals surface area contributed by atoms with Gasteiger partial charge in [0, 0.05) is 12.1 Å². The van der Waals surface area contributed by atoms with E-state index in [0.717, 1.165) is 6.42 Å². The molecule has 1 atom stereocenters. The molecule has 0 aliphatic rings. The summed E-state index contributed by atoms with van der Waals surface area (Å²) in [6, 6.07) is 7.01. The van der Waals surface area contributed by atoms with Crippen molar-refractivity contribution in [2.75, 3.05) is 25.3 Å². The van der Waals surface area contributed by atoms with E-state index in [4.69, 9.17) is 9.47 Å². The van der Waals surface area contributed by atoms with Gasteiger partial charge in [0.25, 0.3) is 5.56 Å². The molecule has 9 heteroatoms. The number of anilines is 1. The molecule has 0 bridgehead atoms. The number of ether oxygens (including phenoxy) is 2. The highest BCUT2D eigenvalue weighted by Crippen LogP contribution is 2.29. The molecular formula is C20H23N3O4S2. The summed E-state index contributed by atoms with van der Waals surface area (Å²) < 4.78 is 12.8. The molecule has 2 heterocycles. The van der Waals surface area contributed by atoms with E-state index in [1.807, 2.05) is 25.3 Å². The van der Waals surface area contributed by atoms with Crippen molar-refractivity contribution in [3.63, 3.8) is 0 Å². The summed E-state index contributed by atoms with van der Waals surface area (Å²) in [5.41, 5.74) is 1.13. The molecule has 0 unspecified atom stereocenters. The first-order chi connectivity index (χ1) is 14.0. The largest absolute Gasteiger partial charge is 0.497 e. The number of benzene rings is 1. The van der Waals surface area contributed by atoms with Crippen LogP contribution in [0.3, 0.4) is 0 Å². The molecule has 0 radical (unpaired) electrons. The number of nitrogens with zero attached hydrogens (tertiary/aromatic N) is 2. The third-order valence-corrected chi connectivity index (χ3v) is 6.37. The number of amides is 1. The van der Waals surface area contributed by atoms with E-state index < -0.39 is 0 Å². The number of hydrogen-bond donors (Lipinski definition) is 1. The molecule has 1 aromatic carbocycles. The number of hydrogen-bond acceptors (Lipinski definition) is 7. The standard InChI is InChI=1S/C20H23N3O4S2/c1-5-12(2)23-19(25)18-14(8-9-28-18)22-20(23)29-11-17(24)21-15-10-13(26-3)6-7-16(15)27-4/h6-10,12H,5,11H2,1-4H3,(H,21,24)/t12-/m0/s1. The first-order valence-corrected chi connectivity index (χ1v) is 11.0. The van der Waals surface area contributed by atoms with Gasteiger partial charge in [-0.25, -0.2) is 4.98 Å². The normalized spacial score (nSPS) is 12.0. The second kappa shape index (κ2) is 9.32. The Kier molecular flexibility index (Phi) is 6.81. The lowest BCUT2D eigenvalue weighted by atomic mass is 10.2. The Labute approximate surface area is 177 Å². The number of aromatic nitrogens is 2. The van der Waals surface area contributed by atoms with E-state index in [0.29, 0.717) is 32.6 Å². The van der Waals surface area contributed by atoms with E-state index in [9.17, 15) is 9.59 Å². The molecule has 29 heavy (non-hydrogen) atoms. The molecule has 7 nitrogen and oxygen atoms in total. The van der Waals surface area contributed by atoms with Gasteiger partial charge in [-0.05, 0) is 36.9 Å². The summed E-state index contributed by atoms with van der Waals surface area (Å²) in [4.78, 5) is 30.1. The van der Waals surface area contributed by atoms with Gasteiger partial charge >= 0.3 is 0 Å². The van der Waals surface area contributed by atoms with Crippen LogP contribution in [0.4, 0.5) is 5.69 Å². The zero-order valence-corrected chi connectivity index (χ0v) is 18.4. The molecule has 154 valence electrons. The zero-order chi connectivity index (χ0) is 21.0. The Morgan fingerprint density at radius 3 is 2.79 bits per heavy atom. The number of thiophene rings is 1. The second-order valence-corrected chi connectivity index (χ2v) is 8.22. The number of fused-ring (bicyclic) bond motifs is 1. The van der Waals surface area contributed by atoms with Crippen LogP contribution in [-0.4, -0.2) is 35.4 Å². The molecule has 0 fully saturated rings. The fourth-order valence-electron chi connectivity index (χ4n) is 2.80. The van der Waals surface area contributed by atoms with Gasteiger partial charge in [-0.3, -0.25) is 14.2 Å². The van der Waals surface area contributed by atoms with Crippen molar-refractivity contribution in [1.82, 2.24) is 9.55 Å². The third-order valence-electron chi connectivity index (χ3n) is 4.52. The average Bonchev–Trinajstić information content (AvgIpc) is 3.20. The van der Waals surface area contributed by atoms with Gasteiger partial charge in [-0.1, -0.05) is 18.7 Å². The van der Waals surface area contributed by atoms with E-state index in [1.54, 1.807) is 29.9 Å². The molecule has 3 aromatic rings. The molecule has 3 rings (SSSR count). The third kappa shape index (κ3) is 4.56. The number of methoxy groups -OCH3 is 2. The second-order valence-electron chi connectivity index (χ2n) is 6.36. The topological polar surface area (TPSA) is 82.5 Å². The first-order valence-electron chi connectivity index (χ1n) is 9.12. The summed E-state index contributed by atoms with van der Waals surface area (Å²) >= 11 is 2.63. The van der Waals surface area contributed by atoms with Gasteiger partial charge in [-0.2, -0.15) is 0 Å².